The third-order valence-corrected chi connectivity index (χ3v) is 5.94. The lowest BCUT2D eigenvalue weighted by atomic mass is 9.97. The fraction of sp³-hybridized carbons (Fsp3) is 0.350. The molecule has 2 rings (SSSR count). The van der Waals surface area contributed by atoms with Crippen molar-refractivity contribution in [2.24, 2.45) is 0 Å². The normalized spacial score (nSPS) is 12.5. The average molecular weight is 443 g/mol. The molecule has 0 radical (unpaired) electrons. The van der Waals surface area contributed by atoms with Crippen molar-refractivity contribution < 1.29 is 13.2 Å². The number of hydrogen-bond acceptors (Lipinski definition) is 3. The minimum Gasteiger partial charge on any atom is -0.348 e. The van der Waals surface area contributed by atoms with E-state index >= 15 is 0 Å². The van der Waals surface area contributed by atoms with Gasteiger partial charge in [0, 0.05) is 10.0 Å². The van der Waals surface area contributed by atoms with Crippen molar-refractivity contribution in [1.29, 1.82) is 0 Å². The fourth-order valence-corrected chi connectivity index (χ4v) is 4.42. The molecule has 1 atom stereocenters. The maximum atomic E-state index is 12.7. The second-order valence-electron chi connectivity index (χ2n) is 6.79. The van der Waals surface area contributed by atoms with Gasteiger partial charge in [0.05, 0.1) is 18.0 Å². The molecule has 0 aliphatic carbocycles. The highest BCUT2D eigenvalue weighted by atomic mass is 35.5. The number of sulfonamides is 1. The monoisotopic (exact) mass is 442 g/mol. The SMILES string of the molecule is CC[C@@H](NC(=O)CN(c1cc(Cl)cc(Cl)c1)S(C)(=O)=O)c1ccc(C)cc1C. The summed E-state index contributed by atoms with van der Waals surface area (Å²) in [5.41, 5.74) is 3.48. The molecule has 0 bridgehead atoms. The maximum absolute atomic E-state index is 12.7. The van der Waals surface area contributed by atoms with Crippen LogP contribution in [0.15, 0.2) is 36.4 Å². The first-order valence-electron chi connectivity index (χ1n) is 8.81. The summed E-state index contributed by atoms with van der Waals surface area (Å²) in [6, 6.07) is 10.3. The van der Waals surface area contributed by atoms with Crippen molar-refractivity contribution in [3.05, 3.63) is 63.1 Å². The van der Waals surface area contributed by atoms with Gasteiger partial charge in [0.25, 0.3) is 0 Å². The Labute approximate surface area is 176 Å². The van der Waals surface area contributed by atoms with E-state index in [4.69, 9.17) is 23.2 Å². The first-order chi connectivity index (χ1) is 13.0. The highest BCUT2D eigenvalue weighted by Gasteiger charge is 2.23. The molecule has 5 nitrogen and oxygen atoms in total. The molecule has 28 heavy (non-hydrogen) atoms. The van der Waals surface area contributed by atoms with E-state index < -0.39 is 15.9 Å². The molecule has 1 amide bonds. The summed E-state index contributed by atoms with van der Waals surface area (Å²) in [7, 11) is -3.71. The molecule has 0 aromatic heterocycles. The molecule has 2 aromatic rings. The number of nitrogens with one attached hydrogen (secondary N) is 1. The summed E-state index contributed by atoms with van der Waals surface area (Å²) in [6.07, 6.45) is 1.72. The van der Waals surface area contributed by atoms with E-state index in [1.165, 1.54) is 18.2 Å². The molecule has 0 spiro atoms. The molecule has 8 heteroatoms. The largest absolute Gasteiger partial charge is 0.348 e. The third-order valence-electron chi connectivity index (χ3n) is 4.37. The van der Waals surface area contributed by atoms with Crippen molar-refractivity contribution in [1.82, 2.24) is 5.32 Å². The number of amides is 1. The number of rotatable bonds is 7. The van der Waals surface area contributed by atoms with Gasteiger partial charge in [0.15, 0.2) is 0 Å². The van der Waals surface area contributed by atoms with Crippen LogP contribution in [0.2, 0.25) is 10.0 Å². The number of hydrogen-bond donors (Lipinski definition) is 1. The first-order valence-corrected chi connectivity index (χ1v) is 11.4. The van der Waals surface area contributed by atoms with Gasteiger partial charge in [-0.25, -0.2) is 8.42 Å². The van der Waals surface area contributed by atoms with Crippen LogP contribution in [0.4, 0.5) is 5.69 Å². The van der Waals surface area contributed by atoms with Crippen molar-refractivity contribution in [3.8, 4) is 0 Å². The number of carbonyl (C=O) groups is 1. The summed E-state index contributed by atoms with van der Waals surface area (Å²) in [4.78, 5) is 12.7. The summed E-state index contributed by atoms with van der Waals surface area (Å²) in [5, 5.41) is 3.51. The fourth-order valence-electron chi connectivity index (χ4n) is 3.07. The minimum atomic E-state index is -3.71. The van der Waals surface area contributed by atoms with Crippen LogP contribution in [-0.4, -0.2) is 27.1 Å². The van der Waals surface area contributed by atoms with Crippen LogP contribution in [0.5, 0.6) is 0 Å². The lowest BCUT2D eigenvalue weighted by molar-refractivity contribution is -0.120. The molecule has 1 N–H and O–H groups in total. The molecule has 0 unspecified atom stereocenters. The van der Waals surface area contributed by atoms with Gasteiger partial charge in [-0.3, -0.25) is 9.10 Å². The molecule has 0 saturated heterocycles. The molecule has 0 saturated carbocycles. The number of benzene rings is 2. The predicted octanol–water partition coefficient (Wildman–Crippen LogP) is 4.64. The Balaban J connectivity index is 2.25. The van der Waals surface area contributed by atoms with Gasteiger partial charge in [0.2, 0.25) is 15.9 Å². The Morgan fingerprint density at radius 1 is 1.11 bits per heavy atom. The average Bonchev–Trinajstić information content (AvgIpc) is 2.56. The van der Waals surface area contributed by atoms with Gasteiger partial charge >= 0.3 is 0 Å². The Morgan fingerprint density at radius 2 is 1.71 bits per heavy atom. The second kappa shape index (κ2) is 9.16. The molecule has 152 valence electrons. The van der Waals surface area contributed by atoms with Crippen molar-refractivity contribution in [3.63, 3.8) is 0 Å². The van der Waals surface area contributed by atoms with Gasteiger partial charge in [-0.15, -0.1) is 0 Å². The molecule has 2 aromatic carbocycles. The van der Waals surface area contributed by atoms with E-state index in [9.17, 15) is 13.2 Å². The minimum absolute atomic E-state index is 0.211. The van der Waals surface area contributed by atoms with Crippen LogP contribution in [0.1, 0.15) is 36.1 Å². The standard InChI is InChI=1S/C20H24Cl2N2O3S/c1-5-19(18-7-6-13(2)8-14(18)3)23-20(25)12-24(28(4,26)27)17-10-15(21)9-16(22)11-17/h6-11,19H,5,12H2,1-4H3,(H,23,25)/t19-/m1/s1. The zero-order valence-corrected chi connectivity index (χ0v) is 18.6. The number of aryl methyl sites for hydroxylation is 2. The second-order valence-corrected chi connectivity index (χ2v) is 9.57. The van der Waals surface area contributed by atoms with E-state index in [2.05, 4.69) is 11.4 Å². The molecule has 0 aliphatic heterocycles. The highest BCUT2D eigenvalue weighted by Crippen LogP contribution is 2.27. The van der Waals surface area contributed by atoms with Crippen LogP contribution in [0.25, 0.3) is 0 Å². The summed E-state index contributed by atoms with van der Waals surface area (Å²) in [5.74, 6) is -0.409. The zero-order chi connectivity index (χ0) is 21.1. The van der Waals surface area contributed by atoms with Crippen molar-refractivity contribution >= 4 is 44.8 Å². The lowest BCUT2D eigenvalue weighted by Gasteiger charge is -2.25. The van der Waals surface area contributed by atoms with Gasteiger partial charge in [-0.2, -0.15) is 0 Å². The van der Waals surface area contributed by atoms with Crippen molar-refractivity contribution in [2.45, 2.75) is 33.2 Å². The van der Waals surface area contributed by atoms with E-state index in [0.29, 0.717) is 16.5 Å². The Bertz CT molecular complexity index is 957. The van der Waals surface area contributed by atoms with Crippen LogP contribution < -0.4 is 9.62 Å². The van der Waals surface area contributed by atoms with E-state index in [0.717, 1.165) is 27.3 Å². The highest BCUT2D eigenvalue weighted by molar-refractivity contribution is 7.92. The van der Waals surface area contributed by atoms with Crippen LogP contribution in [0.3, 0.4) is 0 Å². The summed E-state index contributed by atoms with van der Waals surface area (Å²) < 4.78 is 25.5. The number of nitrogens with zero attached hydrogens (tertiary/aromatic N) is 1. The van der Waals surface area contributed by atoms with Crippen LogP contribution >= 0.6 is 23.2 Å². The smallest absolute Gasteiger partial charge is 0.241 e. The number of carbonyl (C=O) groups excluding carboxylic acids is 1. The van der Waals surface area contributed by atoms with Crippen LogP contribution in [-0.2, 0) is 14.8 Å². The van der Waals surface area contributed by atoms with Crippen LogP contribution in [0, 0.1) is 13.8 Å². The number of anilines is 1. The van der Waals surface area contributed by atoms with Gasteiger partial charge in [-0.05, 0) is 49.6 Å². The van der Waals surface area contributed by atoms with E-state index in [1.54, 1.807) is 0 Å². The van der Waals surface area contributed by atoms with Crippen molar-refractivity contribution in [2.75, 3.05) is 17.1 Å². The van der Waals surface area contributed by atoms with E-state index in [-0.39, 0.29) is 18.3 Å². The number of halogens is 2. The van der Waals surface area contributed by atoms with Gasteiger partial charge in [0.1, 0.15) is 6.54 Å². The Hall–Kier alpha value is -1.76. The molecular formula is C20H24Cl2N2O3S. The Morgan fingerprint density at radius 3 is 2.21 bits per heavy atom. The molecular weight excluding hydrogens is 419 g/mol. The maximum Gasteiger partial charge on any atom is 0.241 e. The van der Waals surface area contributed by atoms with Gasteiger partial charge in [-0.1, -0.05) is 53.9 Å². The molecule has 0 heterocycles. The first kappa shape index (κ1) is 22.5. The summed E-state index contributed by atoms with van der Waals surface area (Å²) in [6.45, 7) is 5.61. The van der Waals surface area contributed by atoms with E-state index in [1.807, 2.05) is 32.9 Å². The molecule has 0 fully saturated rings. The Kier molecular flexibility index (Phi) is 7.37. The third kappa shape index (κ3) is 5.87. The van der Waals surface area contributed by atoms with Gasteiger partial charge < -0.3 is 5.32 Å². The summed E-state index contributed by atoms with van der Waals surface area (Å²) >= 11 is 12.0. The predicted molar refractivity (Wildman–Crippen MR) is 116 cm³/mol. The zero-order valence-electron chi connectivity index (χ0n) is 16.3. The topological polar surface area (TPSA) is 66.5 Å². The quantitative estimate of drug-likeness (QED) is 0.678. The lowest BCUT2D eigenvalue weighted by Crippen LogP contribution is -2.41. The molecule has 0 aliphatic rings.